The first-order chi connectivity index (χ1) is 15.7. The SMILES string of the molecule is COC(=O)C1=C(CN2CC(F)(F)C[C@@H]2CO)NC(c2nccs2)=N[C@H]1c1ccc(F)cc1Cl. The molecule has 0 aliphatic carbocycles. The molecule has 12 heteroatoms. The number of amidine groups is 1. The molecule has 4 rings (SSSR count). The highest BCUT2D eigenvalue weighted by Gasteiger charge is 2.45. The van der Waals surface area contributed by atoms with Crippen LogP contribution < -0.4 is 5.32 Å². The number of nitrogens with zero attached hydrogens (tertiary/aromatic N) is 3. The average molecular weight is 501 g/mol. The number of methoxy groups -OCH3 is 1. The number of esters is 1. The number of aliphatic hydroxyl groups is 1. The summed E-state index contributed by atoms with van der Waals surface area (Å²) >= 11 is 7.58. The minimum Gasteiger partial charge on any atom is -0.466 e. The van der Waals surface area contributed by atoms with Crippen LogP contribution in [0.5, 0.6) is 0 Å². The monoisotopic (exact) mass is 500 g/mol. The van der Waals surface area contributed by atoms with Gasteiger partial charge in [0.15, 0.2) is 10.8 Å². The lowest BCUT2D eigenvalue weighted by molar-refractivity contribution is -0.136. The molecule has 2 aliphatic heterocycles. The van der Waals surface area contributed by atoms with Crippen molar-refractivity contribution in [2.24, 2.45) is 4.99 Å². The number of hydrogen-bond acceptors (Lipinski definition) is 8. The fourth-order valence-corrected chi connectivity index (χ4v) is 4.86. The van der Waals surface area contributed by atoms with E-state index in [2.05, 4.69) is 15.3 Å². The summed E-state index contributed by atoms with van der Waals surface area (Å²) in [5.74, 6) is -3.96. The summed E-state index contributed by atoms with van der Waals surface area (Å²) in [6.07, 6.45) is 1.08. The van der Waals surface area contributed by atoms with E-state index in [1.165, 1.54) is 35.5 Å². The first-order valence-corrected chi connectivity index (χ1v) is 11.2. The topological polar surface area (TPSA) is 87.0 Å². The zero-order chi connectivity index (χ0) is 23.8. The van der Waals surface area contributed by atoms with E-state index in [4.69, 9.17) is 16.3 Å². The Bertz CT molecular complexity index is 1110. The van der Waals surface area contributed by atoms with Crippen molar-refractivity contribution in [2.75, 3.05) is 26.8 Å². The number of hydrogen-bond donors (Lipinski definition) is 2. The molecule has 0 unspecified atom stereocenters. The summed E-state index contributed by atoms with van der Waals surface area (Å²) in [5, 5.41) is 15.0. The van der Waals surface area contributed by atoms with E-state index in [1.54, 1.807) is 11.6 Å². The van der Waals surface area contributed by atoms with E-state index >= 15 is 0 Å². The predicted molar refractivity (Wildman–Crippen MR) is 117 cm³/mol. The highest BCUT2D eigenvalue weighted by molar-refractivity contribution is 7.11. The number of ether oxygens (including phenoxy) is 1. The van der Waals surface area contributed by atoms with Gasteiger partial charge in [-0.2, -0.15) is 0 Å². The van der Waals surface area contributed by atoms with Gasteiger partial charge in [0.1, 0.15) is 11.9 Å². The zero-order valence-corrected chi connectivity index (χ0v) is 19.0. The van der Waals surface area contributed by atoms with E-state index in [0.29, 0.717) is 16.4 Å². The van der Waals surface area contributed by atoms with E-state index < -0.39 is 49.4 Å². The maximum atomic E-state index is 14.1. The molecule has 2 N–H and O–H groups in total. The van der Waals surface area contributed by atoms with E-state index in [-0.39, 0.29) is 22.8 Å². The number of carbonyl (C=O) groups is 1. The van der Waals surface area contributed by atoms with Crippen molar-refractivity contribution in [1.29, 1.82) is 0 Å². The fourth-order valence-electron chi connectivity index (χ4n) is 4.00. The van der Waals surface area contributed by atoms with Crippen LogP contribution in [0.2, 0.25) is 5.02 Å². The normalized spacial score (nSPS) is 22.8. The maximum Gasteiger partial charge on any atom is 0.338 e. The number of likely N-dealkylation sites (tertiary alicyclic amines) is 1. The second-order valence-corrected chi connectivity index (χ2v) is 9.00. The Labute approximate surface area is 196 Å². The Morgan fingerprint density at radius 1 is 1.45 bits per heavy atom. The smallest absolute Gasteiger partial charge is 0.338 e. The molecule has 1 aromatic carbocycles. The molecule has 2 aliphatic rings. The van der Waals surface area contributed by atoms with Crippen LogP contribution in [0, 0.1) is 5.82 Å². The molecule has 0 spiro atoms. The second kappa shape index (κ2) is 9.41. The molecular formula is C21H20ClF3N4O3S. The van der Waals surface area contributed by atoms with Crippen molar-refractivity contribution in [3.05, 3.63) is 62.5 Å². The third-order valence-electron chi connectivity index (χ3n) is 5.48. The van der Waals surface area contributed by atoms with Crippen molar-refractivity contribution in [2.45, 2.75) is 24.4 Å². The lowest BCUT2D eigenvalue weighted by atomic mass is 9.95. The minimum atomic E-state index is -2.97. The quantitative estimate of drug-likeness (QED) is 0.593. The minimum absolute atomic E-state index is 0.0471. The molecule has 7 nitrogen and oxygen atoms in total. The number of alkyl halides is 2. The number of halogens is 4. The van der Waals surface area contributed by atoms with Crippen LogP contribution in [0.15, 0.2) is 46.0 Å². The van der Waals surface area contributed by atoms with Gasteiger partial charge in [-0.15, -0.1) is 11.3 Å². The highest BCUT2D eigenvalue weighted by Crippen LogP contribution is 2.38. The van der Waals surface area contributed by atoms with E-state index in [1.807, 2.05) is 0 Å². The van der Waals surface area contributed by atoms with Gasteiger partial charge in [0.25, 0.3) is 5.92 Å². The summed E-state index contributed by atoms with van der Waals surface area (Å²) in [6, 6.07) is 1.94. The van der Waals surface area contributed by atoms with Crippen LogP contribution in [-0.4, -0.2) is 65.6 Å². The molecule has 1 aromatic heterocycles. The third-order valence-corrected chi connectivity index (χ3v) is 6.59. The molecule has 3 heterocycles. The molecule has 0 amide bonds. The van der Waals surface area contributed by atoms with Gasteiger partial charge in [0.2, 0.25) is 0 Å². The Kier molecular flexibility index (Phi) is 6.76. The molecule has 0 radical (unpaired) electrons. The number of aromatic nitrogens is 1. The molecule has 2 atom stereocenters. The summed E-state index contributed by atoms with van der Waals surface area (Å²) in [5.41, 5.74) is 0.666. The lowest BCUT2D eigenvalue weighted by Gasteiger charge is -2.30. The van der Waals surface area contributed by atoms with Crippen LogP contribution in [0.25, 0.3) is 0 Å². The number of benzene rings is 1. The van der Waals surface area contributed by atoms with Crippen LogP contribution in [0.3, 0.4) is 0 Å². The Hall–Kier alpha value is -2.47. The van der Waals surface area contributed by atoms with Gasteiger partial charge in [0, 0.05) is 46.9 Å². The fraction of sp³-hybridized carbons (Fsp3) is 0.381. The van der Waals surface area contributed by atoms with Gasteiger partial charge in [-0.05, 0) is 12.1 Å². The third kappa shape index (κ3) is 4.91. The molecule has 0 saturated carbocycles. The summed E-state index contributed by atoms with van der Waals surface area (Å²) in [4.78, 5) is 23.1. The Morgan fingerprint density at radius 3 is 2.88 bits per heavy atom. The number of nitrogens with one attached hydrogen (secondary N) is 1. The van der Waals surface area contributed by atoms with Crippen molar-refractivity contribution in [3.63, 3.8) is 0 Å². The summed E-state index contributed by atoms with van der Waals surface area (Å²) in [6.45, 7) is -1.15. The molecule has 1 fully saturated rings. The maximum absolute atomic E-state index is 14.1. The molecule has 0 bridgehead atoms. The van der Waals surface area contributed by atoms with Gasteiger partial charge in [-0.25, -0.2) is 22.9 Å². The van der Waals surface area contributed by atoms with E-state index in [9.17, 15) is 23.1 Å². The molecular weight excluding hydrogens is 481 g/mol. The van der Waals surface area contributed by atoms with E-state index in [0.717, 1.165) is 6.07 Å². The highest BCUT2D eigenvalue weighted by atomic mass is 35.5. The predicted octanol–water partition coefficient (Wildman–Crippen LogP) is 3.16. The van der Waals surface area contributed by atoms with Gasteiger partial charge >= 0.3 is 5.97 Å². The van der Waals surface area contributed by atoms with Gasteiger partial charge < -0.3 is 15.2 Å². The Morgan fingerprint density at radius 2 is 2.24 bits per heavy atom. The van der Waals surface area contributed by atoms with Gasteiger partial charge in [0.05, 0.1) is 25.8 Å². The number of rotatable bonds is 6. The van der Waals surface area contributed by atoms with Crippen molar-refractivity contribution < 1.29 is 27.8 Å². The van der Waals surface area contributed by atoms with Gasteiger partial charge in [-0.1, -0.05) is 17.7 Å². The zero-order valence-electron chi connectivity index (χ0n) is 17.4. The Balaban J connectivity index is 1.82. The number of thiazole rings is 1. The van der Waals surface area contributed by atoms with Crippen LogP contribution in [0.4, 0.5) is 13.2 Å². The number of aliphatic hydroxyl groups excluding tert-OH is 1. The molecule has 1 saturated heterocycles. The number of aliphatic imine (C=N–C) groups is 1. The van der Waals surface area contributed by atoms with Crippen LogP contribution in [-0.2, 0) is 9.53 Å². The van der Waals surface area contributed by atoms with Crippen molar-refractivity contribution in [3.8, 4) is 0 Å². The van der Waals surface area contributed by atoms with Gasteiger partial charge in [-0.3, -0.25) is 9.89 Å². The van der Waals surface area contributed by atoms with Crippen LogP contribution >= 0.6 is 22.9 Å². The second-order valence-electron chi connectivity index (χ2n) is 7.69. The molecule has 176 valence electrons. The number of carbonyl (C=O) groups excluding carboxylic acids is 1. The molecule has 33 heavy (non-hydrogen) atoms. The largest absolute Gasteiger partial charge is 0.466 e. The lowest BCUT2D eigenvalue weighted by Crippen LogP contribution is -2.42. The first-order valence-electron chi connectivity index (χ1n) is 9.96. The summed E-state index contributed by atoms with van der Waals surface area (Å²) < 4.78 is 46.8. The van der Waals surface area contributed by atoms with Crippen molar-refractivity contribution in [1.82, 2.24) is 15.2 Å². The molecule has 2 aromatic rings. The van der Waals surface area contributed by atoms with Crippen molar-refractivity contribution >= 4 is 34.7 Å². The first kappa shape index (κ1) is 23.7. The van der Waals surface area contributed by atoms with Crippen LogP contribution in [0.1, 0.15) is 23.0 Å². The standard InChI is InChI=1S/C21H20ClF3N4O3S/c1-32-20(31)16-15(8-29-10-21(24,25)7-12(29)9-30)27-18(19-26-4-5-33-19)28-17(16)13-3-2-11(23)6-14(13)22/h2-6,12,17,30H,7-10H2,1H3,(H,27,28)/t12-,17+/m1/s1. The summed E-state index contributed by atoms with van der Waals surface area (Å²) in [7, 11) is 1.19. The average Bonchev–Trinajstić information content (AvgIpc) is 3.40.